The van der Waals surface area contributed by atoms with Crippen LogP contribution in [-0.2, 0) is 6.42 Å². The maximum atomic E-state index is 8.51. The van der Waals surface area contributed by atoms with Crippen LogP contribution in [0.5, 0.6) is 0 Å². The fourth-order valence-electron chi connectivity index (χ4n) is 1.29. The molecule has 2 aromatic heterocycles. The van der Waals surface area contributed by atoms with E-state index in [1.807, 2.05) is 0 Å². The highest BCUT2D eigenvalue weighted by molar-refractivity contribution is 7.13. The minimum Gasteiger partial charge on any atom is -0.340 e. The van der Waals surface area contributed by atoms with Crippen molar-refractivity contribution in [2.24, 2.45) is 0 Å². The Kier molecular flexibility index (Phi) is 2.33. The molecule has 0 bridgehead atoms. The van der Waals surface area contributed by atoms with Crippen molar-refractivity contribution in [2.45, 2.75) is 13.3 Å². The number of H-pyrrole nitrogens is 1. The van der Waals surface area contributed by atoms with Crippen LogP contribution in [0.2, 0.25) is 0 Å². The van der Waals surface area contributed by atoms with Crippen molar-refractivity contribution in [3.63, 3.8) is 0 Å². The predicted molar refractivity (Wildman–Crippen MR) is 56.0 cm³/mol. The first-order valence-corrected chi connectivity index (χ1v) is 5.14. The van der Waals surface area contributed by atoms with Crippen molar-refractivity contribution in [1.29, 1.82) is 5.26 Å². The molecule has 0 spiro atoms. The Morgan fingerprint density at radius 3 is 3.14 bits per heavy atom. The third-order valence-electron chi connectivity index (χ3n) is 1.98. The normalized spacial score (nSPS) is 10.0. The highest BCUT2D eigenvalue weighted by Gasteiger charge is 2.06. The molecule has 0 aromatic carbocycles. The molecule has 14 heavy (non-hydrogen) atoms. The number of rotatable bonds is 2. The van der Waals surface area contributed by atoms with Gasteiger partial charge in [-0.15, -0.1) is 11.3 Å². The molecule has 2 aromatic rings. The number of aryl methyl sites for hydroxylation is 1. The van der Waals surface area contributed by atoms with Crippen LogP contribution in [0.3, 0.4) is 0 Å². The van der Waals surface area contributed by atoms with E-state index in [0.717, 1.165) is 11.5 Å². The van der Waals surface area contributed by atoms with Gasteiger partial charge in [0, 0.05) is 0 Å². The van der Waals surface area contributed by atoms with Crippen molar-refractivity contribution in [1.82, 2.24) is 9.97 Å². The van der Waals surface area contributed by atoms with Gasteiger partial charge in [0.05, 0.1) is 29.3 Å². The molecule has 70 valence electrons. The molecule has 0 saturated carbocycles. The molecule has 0 saturated heterocycles. The first-order valence-electron chi connectivity index (χ1n) is 4.26. The summed E-state index contributed by atoms with van der Waals surface area (Å²) >= 11 is 1.68. The van der Waals surface area contributed by atoms with Gasteiger partial charge in [0.1, 0.15) is 5.82 Å². The largest absolute Gasteiger partial charge is 0.340 e. The summed E-state index contributed by atoms with van der Waals surface area (Å²) in [5.41, 5.74) is 2.24. The maximum absolute atomic E-state index is 8.51. The van der Waals surface area contributed by atoms with Gasteiger partial charge in [-0.25, -0.2) is 4.98 Å². The molecule has 4 heteroatoms. The lowest BCUT2D eigenvalue weighted by molar-refractivity contribution is 1.07. The molecule has 0 amide bonds. The smallest absolute Gasteiger partial charge is 0.120 e. The van der Waals surface area contributed by atoms with Crippen molar-refractivity contribution in [3.05, 3.63) is 29.0 Å². The summed E-state index contributed by atoms with van der Waals surface area (Å²) in [6.45, 7) is 2.07. The second-order valence-electron chi connectivity index (χ2n) is 3.01. The van der Waals surface area contributed by atoms with E-state index in [9.17, 15) is 0 Å². The number of nitriles is 1. The number of imidazole rings is 1. The SMILES string of the molecule is Cc1ccsc1-c1cnc(CC#N)[nH]1. The molecule has 2 heterocycles. The van der Waals surface area contributed by atoms with Gasteiger partial charge in [0.2, 0.25) is 0 Å². The zero-order chi connectivity index (χ0) is 9.97. The molecule has 1 N–H and O–H groups in total. The quantitative estimate of drug-likeness (QED) is 0.815. The van der Waals surface area contributed by atoms with Crippen LogP contribution >= 0.6 is 11.3 Å². The number of aromatic amines is 1. The number of nitrogens with one attached hydrogen (secondary N) is 1. The van der Waals surface area contributed by atoms with Gasteiger partial charge in [-0.05, 0) is 23.9 Å². The Bertz CT molecular complexity index is 476. The van der Waals surface area contributed by atoms with E-state index < -0.39 is 0 Å². The molecule has 0 aliphatic rings. The standard InChI is InChI=1S/C10H9N3S/c1-7-3-5-14-10(7)8-6-12-9(13-8)2-4-11/h3,5-6H,2H2,1H3,(H,12,13). The third kappa shape index (κ3) is 1.54. The summed E-state index contributed by atoms with van der Waals surface area (Å²) in [5, 5.41) is 10.6. The van der Waals surface area contributed by atoms with Crippen LogP contribution in [0.1, 0.15) is 11.4 Å². The van der Waals surface area contributed by atoms with Gasteiger partial charge in [-0.2, -0.15) is 5.26 Å². The van der Waals surface area contributed by atoms with E-state index >= 15 is 0 Å². The molecule has 0 fully saturated rings. The summed E-state index contributed by atoms with van der Waals surface area (Å²) in [6, 6.07) is 4.14. The second-order valence-corrected chi connectivity index (χ2v) is 3.93. The lowest BCUT2D eigenvalue weighted by Crippen LogP contribution is -1.83. The van der Waals surface area contributed by atoms with Crippen LogP contribution < -0.4 is 0 Å². The van der Waals surface area contributed by atoms with Crippen LogP contribution in [0.4, 0.5) is 0 Å². The zero-order valence-electron chi connectivity index (χ0n) is 7.74. The first kappa shape index (κ1) is 8.97. The topological polar surface area (TPSA) is 52.5 Å². The minimum atomic E-state index is 0.338. The Morgan fingerprint density at radius 1 is 1.64 bits per heavy atom. The molecule has 0 unspecified atom stereocenters. The van der Waals surface area contributed by atoms with E-state index in [1.165, 1.54) is 10.4 Å². The number of thiophene rings is 1. The minimum absolute atomic E-state index is 0.338. The number of aromatic nitrogens is 2. The van der Waals surface area contributed by atoms with Crippen LogP contribution in [0.25, 0.3) is 10.6 Å². The van der Waals surface area contributed by atoms with Crippen LogP contribution in [-0.4, -0.2) is 9.97 Å². The zero-order valence-corrected chi connectivity index (χ0v) is 8.56. The Labute approximate surface area is 86.0 Å². The van der Waals surface area contributed by atoms with E-state index in [1.54, 1.807) is 17.5 Å². The summed E-state index contributed by atoms with van der Waals surface area (Å²) in [7, 11) is 0. The second kappa shape index (κ2) is 3.64. The summed E-state index contributed by atoms with van der Waals surface area (Å²) in [6.07, 6.45) is 2.12. The fraction of sp³-hybridized carbons (Fsp3) is 0.200. The van der Waals surface area contributed by atoms with Crippen molar-refractivity contribution >= 4 is 11.3 Å². The van der Waals surface area contributed by atoms with Crippen LogP contribution in [0, 0.1) is 18.3 Å². The molecule has 0 aliphatic heterocycles. The average molecular weight is 203 g/mol. The third-order valence-corrected chi connectivity index (χ3v) is 3.03. The molecule has 2 rings (SSSR count). The van der Waals surface area contributed by atoms with Gasteiger partial charge in [-0.1, -0.05) is 0 Å². The number of hydrogen-bond donors (Lipinski definition) is 1. The Balaban J connectivity index is 2.35. The monoisotopic (exact) mass is 203 g/mol. The Hall–Kier alpha value is -1.60. The summed E-state index contributed by atoms with van der Waals surface area (Å²) < 4.78 is 0. The maximum Gasteiger partial charge on any atom is 0.120 e. The molecule has 0 atom stereocenters. The van der Waals surface area contributed by atoms with Crippen molar-refractivity contribution in [2.75, 3.05) is 0 Å². The van der Waals surface area contributed by atoms with E-state index in [4.69, 9.17) is 5.26 Å². The van der Waals surface area contributed by atoms with Crippen LogP contribution in [0.15, 0.2) is 17.6 Å². The van der Waals surface area contributed by atoms with E-state index in [0.29, 0.717) is 6.42 Å². The fourth-order valence-corrected chi connectivity index (χ4v) is 2.18. The van der Waals surface area contributed by atoms with Gasteiger partial charge < -0.3 is 4.98 Å². The van der Waals surface area contributed by atoms with Gasteiger partial charge >= 0.3 is 0 Å². The highest BCUT2D eigenvalue weighted by atomic mass is 32.1. The summed E-state index contributed by atoms with van der Waals surface area (Å²) in [5.74, 6) is 0.732. The molecule has 0 radical (unpaired) electrons. The van der Waals surface area contributed by atoms with Gasteiger partial charge in [0.25, 0.3) is 0 Å². The molecule has 3 nitrogen and oxygen atoms in total. The lowest BCUT2D eigenvalue weighted by atomic mass is 10.2. The number of nitrogens with zero attached hydrogens (tertiary/aromatic N) is 2. The Morgan fingerprint density at radius 2 is 2.50 bits per heavy atom. The van der Waals surface area contributed by atoms with Crippen molar-refractivity contribution in [3.8, 4) is 16.6 Å². The number of hydrogen-bond acceptors (Lipinski definition) is 3. The molecule has 0 aliphatic carbocycles. The first-order chi connectivity index (χ1) is 6.81. The van der Waals surface area contributed by atoms with Gasteiger partial charge in [-0.3, -0.25) is 0 Å². The van der Waals surface area contributed by atoms with E-state index in [-0.39, 0.29) is 0 Å². The van der Waals surface area contributed by atoms with Crippen molar-refractivity contribution < 1.29 is 0 Å². The molecular weight excluding hydrogens is 194 g/mol. The van der Waals surface area contributed by atoms with Gasteiger partial charge in [0.15, 0.2) is 0 Å². The lowest BCUT2D eigenvalue weighted by Gasteiger charge is -1.93. The summed E-state index contributed by atoms with van der Waals surface area (Å²) in [4.78, 5) is 8.46. The average Bonchev–Trinajstić information content (AvgIpc) is 2.74. The molecular formula is C10H9N3S. The van der Waals surface area contributed by atoms with E-state index in [2.05, 4.69) is 34.4 Å². The highest BCUT2D eigenvalue weighted by Crippen LogP contribution is 2.27. The predicted octanol–water partition coefficient (Wildman–Crippen LogP) is 2.51.